The molecule has 7 nitrogen and oxygen atoms in total. The third-order valence-corrected chi connectivity index (χ3v) is 9.84. The van der Waals surface area contributed by atoms with Gasteiger partial charge in [-0.3, -0.25) is 19.2 Å². The van der Waals surface area contributed by atoms with Gasteiger partial charge in [0.15, 0.2) is 18.0 Å². The van der Waals surface area contributed by atoms with Crippen LogP contribution in [0.5, 0.6) is 0 Å². The van der Waals surface area contributed by atoms with Crippen LogP contribution in [0, 0.1) is 17.3 Å². The van der Waals surface area contributed by atoms with E-state index in [4.69, 9.17) is 9.47 Å². The standard InChI is InChI=1S/C32H39NO6/c1-19(34)38-18-29(37)32(39-20(2)35)15-14-28-26-12-8-22-16-24(36)11-13-25(22)30(26)27(17-31(28,32)3)21-6-9-23(10-7-21)33(4)5/h6-7,9-10,16,26-28H,8,11-15,17-18H2,1-5H3/t26-,27-,28-,31-,32-/m0/s1. The second-order valence-corrected chi connectivity index (χ2v) is 12.1. The fourth-order valence-electron chi connectivity index (χ4n) is 8.16. The molecule has 0 aliphatic heterocycles. The first kappa shape index (κ1) is 27.4. The van der Waals surface area contributed by atoms with Crippen LogP contribution in [0.15, 0.2) is 47.1 Å². The molecule has 2 fully saturated rings. The average Bonchev–Trinajstić information content (AvgIpc) is 3.18. The summed E-state index contributed by atoms with van der Waals surface area (Å²) in [5, 5.41) is 0. The Bertz CT molecular complexity index is 1270. The maximum Gasteiger partial charge on any atom is 0.303 e. The number of fused-ring (bicyclic) bond motifs is 4. The van der Waals surface area contributed by atoms with Crippen molar-refractivity contribution in [1.82, 2.24) is 0 Å². The number of anilines is 1. The van der Waals surface area contributed by atoms with E-state index in [1.54, 1.807) is 0 Å². The van der Waals surface area contributed by atoms with Crippen LogP contribution in [0.4, 0.5) is 5.69 Å². The second-order valence-electron chi connectivity index (χ2n) is 12.1. The number of allylic oxidation sites excluding steroid dienone is 4. The minimum absolute atomic E-state index is 0.0222. The van der Waals surface area contributed by atoms with Gasteiger partial charge >= 0.3 is 11.9 Å². The molecular weight excluding hydrogens is 494 g/mol. The molecule has 0 N–H and O–H groups in total. The summed E-state index contributed by atoms with van der Waals surface area (Å²) in [5.74, 6) is -0.785. The van der Waals surface area contributed by atoms with E-state index in [-0.39, 0.29) is 29.3 Å². The Morgan fingerprint density at radius 1 is 1.00 bits per heavy atom. The van der Waals surface area contributed by atoms with Crippen molar-refractivity contribution in [1.29, 1.82) is 0 Å². The molecule has 0 heterocycles. The molecule has 1 aromatic rings. The first-order valence-corrected chi connectivity index (χ1v) is 14.1. The van der Waals surface area contributed by atoms with Crippen molar-refractivity contribution in [2.24, 2.45) is 17.3 Å². The van der Waals surface area contributed by atoms with Crippen LogP contribution < -0.4 is 4.90 Å². The zero-order valence-corrected chi connectivity index (χ0v) is 23.7. The third-order valence-electron chi connectivity index (χ3n) is 9.84. The highest BCUT2D eigenvalue weighted by atomic mass is 16.6. The van der Waals surface area contributed by atoms with Crippen molar-refractivity contribution in [3.8, 4) is 0 Å². The maximum atomic E-state index is 13.8. The number of ketones is 2. The van der Waals surface area contributed by atoms with Gasteiger partial charge in [0.2, 0.25) is 5.78 Å². The van der Waals surface area contributed by atoms with E-state index in [2.05, 4.69) is 36.1 Å². The Balaban J connectivity index is 1.66. The highest BCUT2D eigenvalue weighted by molar-refractivity contribution is 5.94. The quantitative estimate of drug-likeness (QED) is 0.471. The average molecular weight is 534 g/mol. The Morgan fingerprint density at radius 3 is 2.36 bits per heavy atom. The number of hydrogen-bond acceptors (Lipinski definition) is 7. The number of Topliss-reactive ketones (excluding diaryl/α,β-unsaturated/α-hetero) is 1. The van der Waals surface area contributed by atoms with Gasteiger partial charge in [0.25, 0.3) is 0 Å². The van der Waals surface area contributed by atoms with Gasteiger partial charge in [-0.1, -0.05) is 24.6 Å². The lowest BCUT2D eigenvalue weighted by atomic mass is 9.50. The summed E-state index contributed by atoms with van der Waals surface area (Å²) in [6, 6.07) is 8.58. The van der Waals surface area contributed by atoms with Crippen molar-refractivity contribution < 1.29 is 28.7 Å². The zero-order chi connectivity index (χ0) is 28.1. The summed E-state index contributed by atoms with van der Waals surface area (Å²) in [6.07, 6.45) is 6.68. The summed E-state index contributed by atoms with van der Waals surface area (Å²) in [7, 11) is 4.03. The number of hydrogen-bond donors (Lipinski definition) is 0. The van der Waals surface area contributed by atoms with Gasteiger partial charge in [-0.05, 0) is 85.3 Å². The zero-order valence-electron chi connectivity index (χ0n) is 23.7. The van der Waals surface area contributed by atoms with Crippen molar-refractivity contribution >= 4 is 29.2 Å². The molecule has 0 amide bonds. The van der Waals surface area contributed by atoms with Crippen molar-refractivity contribution in [3.05, 3.63) is 52.6 Å². The van der Waals surface area contributed by atoms with E-state index in [1.165, 1.54) is 36.1 Å². The minimum Gasteiger partial charge on any atom is -0.458 e. The van der Waals surface area contributed by atoms with E-state index in [9.17, 15) is 19.2 Å². The van der Waals surface area contributed by atoms with E-state index >= 15 is 0 Å². The van der Waals surface area contributed by atoms with Crippen molar-refractivity contribution in [2.75, 3.05) is 25.6 Å². The molecule has 0 spiro atoms. The lowest BCUT2D eigenvalue weighted by Crippen LogP contribution is -2.58. The highest BCUT2D eigenvalue weighted by Gasteiger charge is 2.68. The molecule has 7 heteroatoms. The number of carbonyl (C=O) groups is 4. The molecule has 4 aliphatic carbocycles. The van der Waals surface area contributed by atoms with Gasteiger partial charge < -0.3 is 14.4 Å². The molecule has 0 bridgehead atoms. The molecular formula is C32H39NO6. The van der Waals surface area contributed by atoms with E-state index in [1.807, 2.05) is 20.2 Å². The third kappa shape index (κ3) is 4.53. The van der Waals surface area contributed by atoms with Crippen LogP contribution in [0.25, 0.3) is 0 Å². The Hall–Kier alpha value is -3.22. The highest BCUT2D eigenvalue weighted by Crippen LogP contribution is 2.67. The fourth-order valence-corrected chi connectivity index (χ4v) is 8.16. The summed E-state index contributed by atoms with van der Waals surface area (Å²) in [5.41, 5.74) is 4.19. The molecule has 1 aromatic carbocycles. The lowest BCUT2D eigenvalue weighted by molar-refractivity contribution is -0.186. The fraction of sp³-hybridized carbons (Fsp3) is 0.562. The van der Waals surface area contributed by atoms with Crippen LogP contribution in [-0.2, 0) is 28.7 Å². The topological polar surface area (TPSA) is 90.0 Å². The smallest absolute Gasteiger partial charge is 0.303 e. The molecule has 0 saturated heterocycles. The van der Waals surface area contributed by atoms with Crippen LogP contribution >= 0.6 is 0 Å². The summed E-state index contributed by atoms with van der Waals surface area (Å²) in [6.45, 7) is 4.33. The van der Waals surface area contributed by atoms with Gasteiger partial charge in [-0.25, -0.2) is 0 Å². The summed E-state index contributed by atoms with van der Waals surface area (Å²) in [4.78, 5) is 52.3. The SMILES string of the molecule is CC(=O)OCC(=O)[C@@]1(OC(C)=O)CC[C@H]2[C@@H]3CCC4=CC(=O)CCC4=C3[C@H](c3ccc(N(C)C)cc3)C[C@@]21C. The first-order chi connectivity index (χ1) is 18.5. The van der Waals surface area contributed by atoms with Crippen LogP contribution in [0.3, 0.4) is 0 Å². The van der Waals surface area contributed by atoms with Gasteiger partial charge in [-0.15, -0.1) is 0 Å². The monoisotopic (exact) mass is 533 g/mol. The molecule has 0 radical (unpaired) electrons. The van der Waals surface area contributed by atoms with Crippen molar-refractivity contribution in [2.45, 2.75) is 77.2 Å². The van der Waals surface area contributed by atoms with Crippen molar-refractivity contribution in [3.63, 3.8) is 0 Å². The molecule has 0 unspecified atom stereocenters. The molecule has 208 valence electrons. The number of rotatable bonds is 6. The largest absolute Gasteiger partial charge is 0.458 e. The van der Waals surface area contributed by atoms with E-state index < -0.39 is 29.6 Å². The number of benzene rings is 1. The van der Waals surface area contributed by atoms with Crippen LogP contribution in [0.1, 0.15) is 77.2 Å². The number of ether oxygens (including phenoxy) is 2. The Morgan fingerprint density at radius 2 is 1.72 bits per heavy atom. The number of carbonyl (C=O) groups excluding carboxylic acids is 4. The molecule has 5 rings (SSSR count). The Kier molecular flexibility index (Phi) is 7.06. The van der Waals surface area contributed by atoms with Crippen LogP contribution in [-0.4, -0.2) is 49.8 Å². The summed E-state index contributed by atoms with van der Waals surface area (Å²) >= 11 is 0. The van der Waals surface area contributed by atoms with Gasteiger partial charge in [0.05, 0.1) is 0 Å². The van der Waals surface area contributed by atoms with Gasteiger partial charge in [-0.2, -0.15) is 0 Å². The molecule has 39 heavy (non-hydrogen) atoms. The predicted octanol–water partition coefficient (Wildman–Crippen LogP) is 5.09. The second kappa shape index (κ2) is 10.1. The molecule has 4 aliphatic rings. The predicted molar refractivity (Wildman–Crippen MR) is 147 cm³/mol. The molecule has 0 aromatic heterocycles. The van der Waals surface area contributed by atoms with Gasteiger partial charge in [0.1, 0.15) is 0 Å². The normalized spacial score (nSPS) is 31.5. The maximum absolute atomic E-state index is 13.8. The molecule has 2 saturated carbocycles. The lowest BCUT2D eigenvalue weighted by Gasteiger charge is -2.55. The van der Waals surface area contributed by atoms with Gasteiger partial charge in [0, 0.05) is 51.4 Å². The first-order valence-electron chi connectivity index (χ1n) is 14.1. The number of nitrogens with zero attached hydrogens (tertiary/aromatic N) is 1. The van der Waals surface area contributed by atoms with E-state index in [0.717, 1.165) is 31.4 Å². The minimum atomic E-state index is -1.35. The summed E-state index contributed by atoms with van der Waals surface area (Å²) < 4.78 is 11.2. The van der Waals surface area contributed by atoms with E-state index in [0.29, 0.717) is 19.3 Å². The van der Waals surface area contributed by atoms with Crippen LogP contribution in [0.2, 0.25) is 0 Å². The Labute approximate surface area is 230 Å². The molecule has 5 atom stereocenters. The number of esters is 2.